The molecule has 0 radical (unpaired) electrons. The Morgan fingerprint density at radius 3 is 2.50 bits per heavy atom. The monoisotopic (exact) mass is 305 g/mol. The number of anilines is 1. The Morgan fingerprint density at radius 2 is 1.73 bits per heavy atom. The van der Waals surface area contributed by atoms with Gasteiger partial charge in [-0.25, -0.2) is 4.98 Å². The van der Waals surface area contributed by atoms with Crippen molar-refractivity contribution in [1.82, 2.24) is 9.55 Å². The smallest absolute Gasteiger partial charge is 0.144 e. The molecule has 4 aromatic rings. The van der Waals surface area contributed by atoms with Crippen molar-refractivity contribution in [3.8, 4) is 22.5 Å². The van der Waals surface area contributed by atoms with Gasteiger partial charge in [0, 0.05) is 18.0 Å². The van der Waals surface area contributed by atoms with E-state index in [0.717, 1.165) is 38.5 Å². The van der Waals surface area contributed by atoms with Gasteiger partial charge in [-0.3, -0.25) is 0 Å². The molecule has 0 saturated carbocycles. The van der Waals surface area contributed by atoms with Crippen molar-refractivity contribution in [1.29, 1.82) is 0 Å². The number of fused-ring (bicyclic) bond motifs is 1. The van der Waals surface area contributed by atoms with Crippen molar-refractivity contribution < 1.29 is 0 Å². The molecule has 0 atom stereocenters. The fourth-order valence-electron chi connectivity index (χ4n) is 2.80. The highest BCUT2D eigenvalue weighted by Gasteiger charge is 2.18. The van der Waals surface area contributed by atoms with Gasteiger partial charge in [-0.05, 0) is 17.7 Å². The van der Waals surface area contributed by atoms with Crippen LogP contribution in [0.1, 0.15) is 0 Å². The SMILES string of the molecule is Cn1c(-c2c(-c3ccccc3)csc2N)nc2ccccc21. The zero-order chi connectivity index (χ0) is 15.1. The lowest BCUT2D eigenvalue weighted by atomic mass is 10.0. The first-order chi connectivity index (χ1) is 10.8. The van der Waals surface area contributed by atoms with Gasteiger partial charge in [0.05, 0.1) is 21.6 Å². The van der Waals surface area contributed by atoms with E-state index >= 15 is 0 Å². The summed E-state index contributed by atoms with van der Waals surface area (Å²) in [5.41, 5.74) is 11.7. The largest absolute Gasteiger partial charge is 0.390 e. The predicted molar refractivity (Wildman–Crippen MR) is 93.9 cm³/mol. The number of hydrogen-bond donors (Lipinski definition) is 1. The maximum Gasteiger partial charge on any atom is 0.144 e. The van der Waals surface area contributed by atoms with Crippen LogP contribution in [-0.2, 0) is 7.05 Å². The van der Waals surface area contributed by atoms with Gasteiger partial charge < -0.3 is 10.3 Å². The second-order valence-corrected chi connectivity index (χ2v) is 6.15. The highest BCUT2D eigenvalue weighted by molar-refractivity contribution is 7.15. The molecule has 0 saturated heterocycles. The first-order valence-corrected chi connectivity index (χ1v) is 7.98. The summed E-state index contributed by atoms with van der Waals surface area (Å²) in [6, 6.07) is 18.5. The Bertz CT molecular complexity index is 951. The van der Waals surface area contributed by atoms with Gasteiger partial charge in [-0.1, -0.05) is 42.5 Å². The summed E-state index contributed by atoms with van der Waals surface area (Å²) in [5.74, 6) is 0.916. The Morgan fingerprint density at radius 1 is 1.00 bits per heavy atom. The van der Waals surface area contributed by atoms with Crippen molar-refractivity contribution in [3.05, 3.63) is 60.0 Å². The van der Waals surface area contributed by atoms with Crippen LogP contribution in [0.2, 0.25) is 0 Å². The number of thiophene rings is 1. The fourth-order valence-corrected chi connectivity index (χ4v) is 3.62. The van der Waals surface area contributed by atoms with E-state index in [4.69, 9.17) is 10.7 Å². The molecular weight excluding hydrogens is 290 g/mol. The van der Waals surface area contributed by atoms with Gasteiger partial charge in [-0.2, -0.15) is 0 Å². The molecule has 0 aliphatic heterocycles. The van der Waals surface area contributed by atoms with Crippen LogP contribution in [0.15, 0.2) is 60.0 Å². The Labute approximate surface area is 132 Å². The summed E-state index contributed by atoms with van der Waals surface area (Å²) in [4.78, 5) is 4.79. The van der Waals surface area contributed by atoms with Gasteiger partial charge in [-0.15, -0.1) is 11.3 Å². The van der Waals surface area contributed by atoms with Crippen LogP contribution in [0.5, 0.6) is 0 Å². The van der Waals surface area contributed by atoms with Crippen molar-refractivity contribution in [3.63, 3.8) is 0 Å². The minimum atomic E-state index is 0.803. The topological polar surface area (TPSA) is 43.8 Å². The maximum atomic E-state index is 6.27. The third kappa shape index (κ3) is 1.92. The van der Waals surface area contributed by atoms with E-state index in [0.29, 0.717) is 0 Å². The first-order valence-electron chi connectivity index (χ1n) is 7.10. The van der Waals surface area contributed by atoms with Crippen LogP contribution >= 0.6 is 11.3 Å². The van der Waals surface area contributed by atoms with Gasteiger partial charge in [0.25, 0.3) is 0 Å². The number of hydrogen-bond acceptors (Lipinski definition) is 3. The summed E-state index contributed by atoms with van der Waals surface area (Å²) in [6.07, 6.45) is 0. The van der Waals surface area contributed by atoms with Gasteiger partial charge in [0.2, 0.25) is 0 Å². The molecule has 22 heavy (non-hydrogen) atoms. The van der Waals surface area contributed by atoms with Crippen LogP contribution in [0.3, 0.4) is 0 Å². The quantitative estimate of drug-likeness (QED) is 0.590. The molecule has 2 N–H and O–H groups in total. The van der Waals surface area contributed by atoms with Crippen LogP contribution < -0.4 is 5.73 Å². The third-order valence-corrected chi connectivity index (χ3v) is 4.73. The molecule has 0 fully saturated rings. The average molecular weight is 305 g/mol. The summed E-state index contributed by atoms with van der Waals surface area (Å²) in [5, 5.41) is 2.91. The van der Waals surface area contributed by atoms with E-state index in [2.05, 4.69) is 28.1 Å². The summed E-state index contributed by atoms with van der Waals surface area (Å²) in [6.45, 7) is 0. The zero-order valence-electron chi connectivity index (χ0n) is 12.2. The third-order valence-electron chi connectivity index (χ3n) is 3.92. The van der Waals surface area contributed by atoms with E-state index in [1.54, 1.807) is 11.3 Å². The van der Waals surface area contributed by atoms with E-state index < -0.39 is 0 Å². The lowest BCUT2D eigenvalue weighted by Gasteiger charge is -2.06. The van der Waals surface area contributed by atoms with Crippen LogP contribution in [0, 0.1) is 0 Å². The van der Waals surface area contributed by atoms with Crippen molar-refractivity contribution in [2.24, 2.45) is 7.05 Å². The number of nitrogens with zero attached hydrogens (tertiary/aromatic N) is 2. The van der Waals surface area contributed by atoms with Crippen molar-refractivity contribution in [2.45, 2.75) is 0 Å². The molecule has 3 nitrogen and oxygen atoms in total. The molecule has 0 unspecified atom stereocenters. The molecule has 0 aliphatic rings. The lowest BCUT2D eigenvalue weighted by molar-refractivity contribution is 0.961. The van der Waals surface area contributed by atoms with E-state index in [1.165, 1.54) is 0 Å². The van der Waals surface area contributed by atoms with Crippen molar-refractivity contribution in [2.75, 3.05) is 5.73 Å². The zero-order valence-corrected chi connectivity index (χ0v) is 13.0. The lowest BCUT2D eigenvalue weighted by Crippen LogP contribution is -1.95. The number of aromatic nitrogens is 2. The summed E-state index contributed by atoms with van der Waals surface area (Å²) >= 11 is 1.56. The molecule has 4 heteroatoms. The molecule has 4 rings (SSSR count). The number of nitrogen functional groups attached to an aromatic ring is 1. The van der Waals surface area contributed by atoms with Gasteiger partial charge >= 0.3 is 0 Å². The Hall–Kier alpha value is -2.59. The second-order valence-electron chi connectivity index (χ2n) is 5.24. The Kier molecular flexibility index (Phi) is 2.98. The van der Waals surface area contributed by atoms with E-state index in [9.17, 15) is 0 Å². The van der Waals surface area contributed by atoms with Crippen LogP contribution in [-0.4, -0.2) is 9.55 Å². The highest BCUT2D eigenvalue weighted by atomic mass is 32.1. The number of benzene rings is 2. The minimum absolute atomic E-state index is 0.803. The number of aryl methyl sites for hydroxylation is 1. The maximum absolute atomic E-state index is 6.27. The molecule has 0 spiro atoms. The van der Waals surface area contributed by atoms with E-state index in [1.807, 2.05) is 43.4 Å². The predicted octanol–water partition coefficient (Wildman–Crippen LogP) is 4.55. The standard InChI is InChI=1S/C18H15N3S/c1-21-15-10-6-5-9-14(15)20-18(21)16-13(11-22-17(16)19)12-7-3-2-4-8-12/h2-11H,19H2,1H3. The normalized spacial score (nSPS) is 11.1. The molecular formula is C18H15N3S. The molecule has 2 heterocycles. The Balaban J connectivity index is 2.00. The number of rotatable bonds is 2. The molecule has 0 amide bonds. The number of para-hydroxylation sites is 2. The van der Waals surface area contributed by atoms with Crippen molar-refractivity contribution >= 4 is 27.4 Å². The summed E-state index contributed by atoms with van der Waals surface area (Å²) < 4.78 is 2.11. The molecule has 0 aliphatic carbocycles. The molecule has 2 aromatic heterocycles. The van der Waals surface area contributed by atoms with Crippen LogP contribution in [0.25, 0.3) is 33.5 Å². The number of imidazole rings is 1. The highest BCUT2D eigenvalue weighted by Crippen LogP contribution is 2.41. The molecule has 2 aromatic carbocycles. The average Bonchev–Trinajstić information content (AvgIpc) is 3.09. The molecule has 0 bridgehead atoms. The van der Waals surface area contributed by atoms with Gasteiger partial charge in [0.15, 0.2) is 0 Å². The van der Waals surface area contributed by atoms with E-state index in [-0.39, 0.29) is 0 Å². The fraction of sp³-hybridized carbons (Fsp3) is 0.0556. The second kappa shape index (κ2) is 5.00. The molecule has 108 valence electrons. The minimum Gasteiger partial charge on any atom is -0.390 e. The first kappa shape index (κ1) is 13.1. The van der Waals surface area contributed by atoms with Gasteiger partial charge in [0.1, 0.15) is 5.82 Å². The number of nitrogens with two attached hydrogens (primary N) is 1. The summed E-state index contributed by atoms with van der Waals surface area (Å²) in [7, 11) is 2.04. The van der Waals surface area contributed by atoms with Crippen LogP contribution in [0.4, 0.5) is 5.00 Å².